The molecule has 1 aromatic rings. The third kappa shape index (κ3) is 3.65. The molecule has 15 heavy (non-hydrogen) atoms. The van der Waals surface area contributed by atoms with Gasteiger partial charge in [0.1, 0.15) is 0 Å². The SMILES string of the molecule is Cc1ccc(CN(C)C(C)C(C)O)cc1. The number of hydrogen-bond acceptors (Lipinski definition) is 2. The molecule has 0 aliphatic heterocycles. The topological polar surface area (TPSA) is 23.5 Å². The van der Waals surface area contributed by atoms with Crippen LogP contribution < -0.4 is 0 Å². The van der Waals surface area contributed by atoms with Gasteiger partial charge >= 0.3 is 0 Å². The number of likely N-dealkylation sites (N-methyl/N-ethyl adjacent to an activating group) is 1. The van der Waals surface area contributed by atoms with Crippen molar-refractivity contribution >= 4 is 0 Å². The summed E-state index contributed by atoms with van der Waals surface area (Å²) >= 11 is 0. The minimum atomic E-state index is -0.291. The maximum absolute atomic E-state index is 9.47. The number of nitrogens with zero attached hydrogens (tertiary/aromatic N) is 1. The highest BCUT2D eigenvalue weighted by Gasteiger charge is 2.14. The number of benzene rings is 1. The lowest BCUT2D eigenvalue weighted by molar-refractivity contribution is 0.0828. The predicted octanol–water partition coefficient (Wildman–Crippen LogP) is 2.20. The fraction of sp³-hybridized carbons (Fsp3) is 0.538. The molecule has 84 valence electrons. The fourth-order valence-electron chi connectivity index (χ4n) is 1.49. The van der Waals surface area contributed by atoms with Crippen LogP contribution in [0, 0.1) is 6.92 Å². The minimum absolute atomic E-state index is 0.186. The van der Waals surface area contributed by atoms with Gasteiger partial charge in [-0.25, -0.2) is 0 Å². The van der Waals surface area contributed by atoms with Crippen LogP contribution in [0.25, 0.3) is 0 Å². The molecule has 0 saturated heterocycles. The van der Waals surface area contributed by atoms with E-state index in [-0.39, 0.29) is 12.1 Å². The summed E-state index contributed by atoms with van der Waals surface area (Å²) in [6.07, 6.45) is -0.291. The molecule has 0 radical (unpaired) electrons. The first-order valence-electron chi connectivity index (χ1n) is 5.44. The molecule has 0 spiro atoms. The summed E-state index contributed by atoms with van der Waals surface area (Å²) in [5.74, 6) is 0. The molecule has 0 heterocycles. The smallest absolute Gasteiger partial charge is 0.0664 e. The Morgan fingerprint density at radius 1 is 1.20 bits per heavy atom. The van der Waals surface area contributed by atoms with Gasteiger partial charge in [0.25, 0.3) is 0 Å². The van der Waals surface area contributed by atoms with Crippen LogP contribution in [0.1, 0.15) is 25.0 Å². The van der Waals surface area contributed by atoms with E-state index in [4.69, 9.17) is 0 Å². The largest absolute Gasteiger partial charge is 0.392 e. The number of aryl methyl sites for hydroxylation is 1. The van der Waals surface area contributed by atoms with E-state index in [1.165, 1.54) is 11.1 Å². The van der Waals surface area contributed by atoms with E-state index in [1.807, 2.05) is 20.9 Å². The number of aliphatic hydroxyl groups is 1. The molecule has 2 nitrogen and oxygen atoms in total. The van der Waals surface area contributed by atoms with Crippen molar-refractivity contribution in [3.8, 4) is 0 Å². The van der Waals surface area contributed by atoms with Crippen molar-refractivity contribution in [3.05, 3.63) is 35.4 Å². The monoisotopic (exact) mass is 207 g/mol. The minimum Gasteiger partial charge on any atom is -0.392 e. The summed E-state index contributed by atoms with van der Waals surface area (Å²) in [6.45, 7) is 6.84. The number of aliphatic hydroxyl groups excluding tert-OH is 1. The van der Waals surface area contributed by atoms with E-state index in [0.717, 1.165) is 6.54 Å². The Balaban J connectivity index is 2.58. The molecule has 0 aliphatic carbocycles. The van der Waals surface area contributed by atoms with Crippen LogP contribution >= 0.6 is 0 Å². The van der Waals surface area contributed by atoms with Crippen molar-refractivity contribution in [2.45, 2.75) is 39.5 Å². The maximum atomic E-state index is 9.47. The van der Waals surface area contributed by atoms with Crippen LogP contribution in [0.2, 0.25) is 0 Å². The summed E-state index contributed by atoms with van der Waals surface area (Å²) in [4.78, 5) is 2.16. The van der Waals surface area contributed by atoms with Crippen LogP contribution in [0.3, 0.4) is 0 Å². The highest BCUT2D eigenvalue weighted by Crippen LogP contribution is 2.09. The molecule has 2 unspecified atom stereocenters. The van der Waals surface area contributed by atoms with Crippen LogP contribution in [-0.4, -0.2) is 29.2 Å². The highest BCUT2D eigenvalue weighted by atomic mass is 16.3. The molecule has 0 fully saturated rings. The summed E-state index contributed by atoms with van der Waals surface area (Å²) in [7, 11) is 2.04. The lowest BCUT2D eigenvalue weighted by Gasteiger charge is -2.26. The van der Waals surface area contributed by atoms with Gasteiger partial charge in [-0.05, 0) is 33.4 Å². The van der Waals surface area contributed by atoms with Gasteiger partial charge in [-0.15, -0.1) is 0 Å². The standard InChI is InChI=1S/C13H21NO/c1-10-5-7-13(8-6-10)9-14(4)11(2)12(3)15/h5-8,11-12,15H,9H2,1-4H3. The average molecular weight is 207 g/mol. The predicted molar refractivity (Wildman–Crippen MR) is 63.8 cm³/mol. The highest BCUT2D eigenvalue weighted by molar-refractivity contribution is 5.21. The van der Waals surface area contributed by atoms with E-state index in [0.29, 0.717) is 0 Å². The average Bonchev–Trinajstić information content (AvgIpc) is 2.20. The summed E-state index contributed by atoms with van der Waals surface area (Å²) in [5, 5.41) is 9.47. The summed E-state index contributed by atoms with van der Waals surface area (Å²) in [5.41, 5.74) is 2.57. The zero-order valence-corrected chi connectivity index (χ0v) is 10.1. The van der Waals surface area contributed by atoms with Crippen molar-refractivity contribution < 1.29 is 5.11 Å². The van der Waals surface area contributed by atoms with Gasteiger partial charge < -0.3 is 5.11 Å². The maximum Gasteiger partial charge on any atom is 0.0664 e. The fourth-order valence-corrected chi connectivity index (χ4v) is 1.49. The van der Waals surface area contributed by atoms with E-state index >= 15 is 0 Å². The van der Waals surface area contributed by atoms with Gasteiger partial charge in [0.2, 0.25) is 0 Å². The van der Waals surface area contributed by atoms with Gasteiger partial charge in [-0.3, -0.25) is 4.90 Å². The van der Waals surface area contributed by atoms with E-state index in [2.05, 4.69) is 36.1 Å². The molecular weight excluding hydrogens is 186 g/mol. The first-order chi connectivity index (χ1) is 7.00. The van der Waals surface area contributed by atoms with Crippen molar-refractivity contribution in [2.24, 2.45) is 0 Å². The van der Waals surface area contributed by atoms with E-state index in [1.54, 1.807) is 0 Å². The number of rotatable bonds is 4. The van der Waals surface area contributed by atoms with Crippen molar-refractivity contribution in [1.29, 1.82) is 0 Å². The molecule has 2 atom stereocenters. The van der Waals surface area contributed by atoms with E-state index in [9.17, 15) is 5.11 Å². The summed E-state index contributed by atoms with van der Waals surface area (Å²) in [6, 6.07) is 8.71. The Labute approximate surface area is 92.5 Å². The van der Waals surface area contributed by atoms with E-state index < -0.39 is 0 Å². The first kappa shape index (κ1) is 12.2. The Bertz CT molecular complexity index is 292. The molecule has 0 amide bonds. The van der Waals surface area contributed by atoms with Gasteiger partial charge in [-0.2, -0.15) is 0 Å². The lowest BCUT2D eigenvalue weighted by atomic mass is 10.1. The molecule has 2 heteroatoms. The Morgan fingerprint density at radius 3 is 2.20 bits per heavy atom. The lowest BCUT2D eigenvalue weighted by Crippen LogP contribution is -2.36. The van der Waals surface area contributed by atoms with Crippen LogP contribution in [0.5, 0.6) is 0 Å². The molecule has 0 saturated carbocycles. The summed E-state index contributed by atoms with van der Waals surface area (Å²) < 4.78 is 0. The molecular formula is C13H21NO. The number of hydrogen-bond donors (Lipinski definition) is 1. The van der Waals surface area contributed by atoms with Crippen molar-refractivity contribution in [1.82, 2.24) is 4.90 Å². The molecule has 1 rings (SSSR count). The molecule has 1 N–H and O–H groups in total. The second-order valence-corrected chi connectivity index (χ2v) is 4.38. The molecule has 0 aromatic heterocycles. The Morgan fingerprint density at radius 2 is 1.73 bits per heavy atom. The molecule has 0 bridgehead atoms. The van der Waals surface area contributed by atoms with Crippen LogP contribution in [0.15, 0.2) is 24.3 Å². The van der Waals surface area contributed by atoms with Crippen molar-refractivity contribution in [3.63, 3.8) is 0 Å². The normalized spacial score (nSPS) is 15.3. The van der Waals surface area contributed by atoms with Crippen molar-refractivity contribution in [2.75, 3.05) is 7.05 Å². The van der Waals surface area contributed by atoms with Gasteiger partial charge in [0.15, 0.2) is 0 Å². The second-order valence-electron chi connectivity index (χ2n) is 4.38. The first-order valence-corrected chi connectivity index (χ1v) is 5.44. The Hall–Kier alpha value is -0.860. The second kappa shape index (κ2) is 5.29. The van der Waals surface area contributed by atoms with Gasteiger partial charge in [0.05, 0.1) is 6.10 Å². The van der Waals surface area contributed by atoms with Gasteiger partial charge in [-0.1, -0.05) is 29.8 Å². The quantitative estimate of drug-likeness (QED) is 0.818. The molecule has 1 aromatic carbocycles. The van der Waals surface area contributed by atoms with Gasteiger partial charge in [0, 0.05) is 12.6 Å². The molecule has 0 aliphatic rings. The Kier molecular flexibility index (Phi) is 4.30. The zero-order chi connectivity index (χ0) is 11.4. The third-order valence-corrected chi connectivity index (χ3v) is 2.95. The van der Waals surface area contributed by atoms with Crippen LogP contribution in [-0.2, 0) is 6.54 Å². The van der Waals surface area contributed by atoms with Crippen LogP contribution in [0.4, 0.5) is 0 Å². The third-order valence-electron chi connectivity index (χ3n) is 2.95. The zero-order valence-electron chi connectivity index (χ0n) is 10.1.